The summed E-state index contributed by atoms with van der Waals surface area (Å²) in [6, 6.07) is 24.7. The third-order valence-corrected chi connectivity index (χ3v) is 4.54. The van der Waals surface area contributed by atoms with E-state index in [2.05, 4.69) is 47.9 Å². The number of fused-ring (bicyclic) bond motifs is 1. The van der Waals surface area contributed by atoms with Crippen molar-refractivity contribution in [3.05, 3.63) is 83.9 Å². The molecule has 0 aliphatic rings. The van der Waals surface area contributed by atoms with Crippen molar-refractivity contribution in [2.24, 2.45) is 0 Å². The van der Waals surface area contributed by atoms with Gasteiger partial charge in [-0.05, 0) is 35.7 Å². The van der Waals surface area contributed by atoms with E-state index >= 15 is 0 Å². The summed E-state index contributed by atoms with van der Waals surface area (Å²) in [5.41, 5.74) is 2.32. The molecule has 0 aromatic heterocycles. The number of nitrogens with one attached hydrogen (secondary N) is 2. The molecule has 0 aliphatic carbocycles. The van der Waals surface area contributed by atoms with Crippen LogP contribution in [0.5, 0.6) is 0 Å². The van der Waals surface area contributed by atoms with Crippen molar-refractivity contribution in [3.8, 4) is 0 Å². The van der Waals surface area contributed by atoms with Crippen molar-refractivity contribution in [3.63, 3.8) is 0 Å². The van der Waals surface area contributed by atoms with Gasteiger partial charge >= 0.3 is 0 Å². The van der Waals surface area contributed by atoms with Gasteiger partial charge in [-0.2, -0.15) is 0 Å². The zero-order valence-corrected chi connectivity index (χ0v) is 14.7. The van der Waals surface area contributed by atoms with Crippen LogP contribution in [0, 0.1) is 0 Å². The lowest BCUT2D eigenvalue weighted by molar-refractivity contribution is -0.121. The Bertz CT molecular complexity index is 840. The average molecular weight is 332 g/mol. The molecule has 0 heterocycles. The standard InChI is InChI=1S/C22H24N2O/c1-16(18-9-4-3-5-10-18)24-22(25)15-23-17(2)20-14-8-12-19-11-6-7-13-21(19)20/h3-14,16-17,23H,15H2,1-2H3,(H,24,25)/t16-,17+/m1/s1. The van der Waals surface area contributed by atoms with Crippen molar-refractivity contribution >= 4 is 16.7 Å². The number of amides is 1. The van der Waals surface area contributed by atoms with E-state index in [4.69, 9.17) is 0 Å². The minimum Gasteiger partial charge on any atom is -0.348 e. The molecule has 2 atom stereocenters. The molecule has 3 aromatic carbocycles. The summed E-state index contributed by atoms with van der Waals surface area (Å²) in [4.78, 5) is 12.3. The first-order chi connectivity index (χ1) is 12.1. The Balaban J connectivity index is 1.60. The highest BCUT2D eigenvalue weighted by atomic mass is 16.1. The minimum atomic E-state index is 0.00311. The van der Waals surface area contributed by atoms with E-state index in [0.29, 0.717) is 6.54 Å². The fourth-order valence-corrected chi connectivity index (χ4v) is 3.10. The number of hydrogen-bond donors (Lipinski definition) is 2. The fourth-order valence-electron chi connectivity index (χ4n) is 3.10. The van der Waals surface area contributed by atoms with E-state index in [0.717, 1.165) is 5.56 Å². The molecule has 1 amide bonds. The Morgan fingerprint density at radius 1 is 0.840 bits per heavy atom. The number of rotatable bonds is 6. The predicted molar refractivity (Wildman–Crippen MR) is 103 cm³/mol. The molecule has 128 valence electrons. The van der Waals surface area contributed by atoms with E-state index in [-0.39, 0.29) is 18.0 Å². The Hall–Kier alpha value is -2.65. The Labute approximate surface area is 149 Å². The van der Waals surface area contributed by atoms with E-state index in [1.54, 1.807) is 0 Å². The Morgan fingerprint density at radius 2 is 1.52 bits per heavy atom. The first kappa shape index (κ1) is 17.2. The lowest BCUT2D eigenvalue weighted by Gasteiger charge is -2.18. The van der Waals surface area contributed by atoms with Gasteiger partial charge in [0.2, 0.25) is 5.91 Å². The smallest absolute Gasteiger partial charge is 0.234 e. The van der Waals surface area contributed by atoms with E-state index in [1.165, 1.54) is 16.3 Å². The van der Waals surface area contributed by atoms with Gasteiger partial charge < -0.3 is 10.6 Å². The fraction of sp³-hybridized carbons (Fsp3) is 0.227. The van der Waals surface area contributed by atoms with Crippen molar-refractivity contribution in [1.29, 1.82) is 0 Å². The Kier molecular flexibility index (Phi) is 5.46. The summed E-state index contributed by atoms with van der Waals surface area (Å²) in [5, 5.41) is 8.82. The molecule has 0 fully saturated rings. The lowest BCUT2D eigenvalue weighted by atomic mass is 10.00. The monoisotopic (exact) mass is 332 g/mol. The van der Waals surface area contributed by atoms with Crippen LogP contribution in [0.2, 0.25) is 0 Å². The van der Waals surface area contributed by atoms with Gasteiger partial charge in [-0.1, -0.05) is 72.8 Å². The largest absolute Gasteiger partial charge is 0.348 e. The maximum absolute atomic E-state index is 12.3. The molecule has 0 saturated heterocycles. The quantitative estimate of drug-likeness (QED) is 0.704. The molecule has 0 unspecified atom stereocenters. The van der Waals surface area contributed by atoms with E-state index < -0.39 is 0 Å². The van der Waals surface area contributed by atoms with Crippen LogP contribution in [0.25, 0.3) is 10.8 Å². The second-order valence-electron chi connectivity index (χ2n) is 6.37. The second-order valence-corrected chi connectivity index (χ2v) is 6.37. The van der Waals surface area contributed by atoms with Crippen LogP contribution in [0.3, 0.4) is 0 Å². The first-order valence-electron chi connectivity index (χ1n) is 8.70. The molecule has 0 spiro atoms. The highest BCUT2D eigenvalue weighted by molar-refractivity contribution is 5.86. The molecule has 3 heteroatoms. The second kappa shape index (κ2) is 7.95. The van der Waals surface area contributed by atoms with Gasteiger partial charge in [0, 0.05) is 6.04 Å². The average Bonchev–Trinajstić information content (AvgIpc) is 2.66. The van der Waals surface area contributed by atoms with Crippen molar-refractivity contribution in [2.45, 2.75) is 25.9 Å². The van der Waals surface area contributed by atoms with Gasteiger partial charge in [0.05, 0.1) is 12.6 Å². The van der Waals surface area contributed by atoms with Crippen LogP contribution in [-0.4, -0.2) is 12.5 Å². The van der Waals surface area contributed by atoms with Crippen LogP contribution in [0.15, 0.2) is 72.8 Å². The minimum absolute atomic E-state index is 0.00311. The van der Waals surface area contributed by atoms with Gasteiger partial charge in [0.25, 0.3) is 0 Å². The van der Waals surface area contributed by atoms with E-state index in [9.17, 15) is 4.79 Å². The van der Waals surface area contributed by atoms with Gasteiger partial charge in [-0.25, -0.2) is 0 Å². The maximum atomic E-state index is 12.3. The van der Waals surface area contributed by atoms with Gasteiger partial charge in [-0.3, -0.25) is 4.79 Å². The van der Waals surface area contributed by atoms with Crippen molar-refractivity contribution in [1.82, 2.24) is 10.6 Å². The van der Waals surface area contributed by atoms with E-state index in [1.807, 2.05) is 49.4 Å². The highest BCUT2D eigenvalue weighted by Gasteiger charge is 2.12. The van der Waals surface area contributed by atoms with Crippen LogP contribution in [0.1, 0.15) is 37.1 Å². The van der Waals surface area contributed by atoms with Gasteiger partial charge in [0.1, 0.15) is 0 Å². The SMILES string of the molecule is C[C@H](NCC(=O)N[C@H](C)c1ccccc1)c1cccc2ccccc12. The topological polar surface area (TPSA) is 41.1 Å². The zero-order valence-electron chi connectivity index (χ0n) is 14.7. The molecule has 0 saturated carbocycles. The molecule has 0 aliphatic heterocycles. The summed E-state index contributed by atoms with van der Waals surface area (Å²) in [6.45, 7) is 4.39. The maximum Gasteiger partial charge on any atom is 0.234 e. The Morgan fingerprint density at radius 3 is 2.32 bits per heavy atom. The van der Waals surface area contributed by atoms with Crippen LogP contribution in [-0.2, 0) is 4.79 Å². The van der Waals surface area contributed by atoms with Crippen LogP contribution in [0.4, 0.5) is 0 Å². The lowest BCUT2D eigenvalue weighted by Crippen LogP contribution is -2.36. The number of hydrogen-bond acceptors (Lipinski definition) is 2. The van der Waals surface area contributed by atoms with Crippen molar-refractivity contribution < 1.29 is 4.79 Å². The summed E-state index contributed by atoms with van der Waals surface area (Å²) >= 11 is 0. The summed E-state index contributed by atoms with van der Waals surface area (Å²) in [5.74, 6) is 0.00318. The predicted octanol–water partition coefficient (Wildman–Crippen LogP) is 4.37. The first-order valence-corrected chi connectivity index (χ1v) is 8.70. The molecule has 0 bridgehead atoms. The molecule has 25 heavy (non-hydrogen) atoms. The molecular formula is C22H24N2O. The molecule has 3 nitrogen and oxygen atoms in total. The summed E-state index contributed by atoms with van der Waals surface area (Å²) in [7, 11) is 0. The number of benzene rings is 3. The molecule has 2 N–H and O–H groups in total. The molecule has 0 radical (unpaired) electrons. The molecular weight excluding hydrogens is 308 g/mol. The third kappa shape index (κ3) is 4.25. The number of carbonyl (C=O) groups is 1. The molecule has 3 aromatic rings. The zero-order chi connectivity index (χ0) is 17.6. The van der Waals surface area contributed by atoms with Gasteiger partial charge in [-0.15, -0.1) is 0 Å². The normalized spacial score (nSPS) is 13.4. The van der Waals surface area contributed by atoms with Crippen LogP contribution < -0.4 is 10.6 Å². The summed E-state index contributed by atoms with van der Waals surface area (Å²) < 4.78 is 0. The van der Waals surface area contributed by atoms with Gasteiger partial charge in [0.15, 0.2) is 0 Å². The van der Waals surface area contributed by atoms with Crippen LogP contribution >= 0.6 is 0 Å². The number of carbonyl (C=O) groups excluding carboxylic acids is 1. The summed E-state index contributed by atoms with van der Waals surface area (Å²) in [6.07, 6.45) is 0. The van der Waals surface area contributed by atoms with Crippen molar-refractivity contribution in [2.75, 3.05) is 6.54 Å². The molecule has 3 rings (SSSR count). The highest BCUT2D eigenvalue weighted by Crippen LogP contribution is 2.23. The third-order valence-electron chi connectivity index (χ3n) is 4.54.